The molecule has 0 aliphatic carbocycles. The highest BCUT2D eigenvalue weighted by Crippen LogP contribution is 2.32. The Balaban J connectivity index is 1.54. The van der Waals surface area contributed by atoms with Gasteiger partial charge < -0.3 is 15.5 Å². The Labute approximate surface area is 172 Å². The van der Waals surface area contributed by atoms with Crippen molar-refractivity contribution in [3.05, 3.63) is 41.6 Å². The Morgan fingerprint density at radius 3 is 2.79 bits per heavy atom. The topological polar surface area (TPSA) is 78.5 Å². The van der Waals surface area contributed by atoms with Crippen molar-refractivity contribution < 1.29 is 14.4 Å². The maximum absolute atomic E-state index is 12.9. The summed E-state index contributed by atoms with van der Waals surface area (Å²) in [6.45, 7) is 8.94. The van der Waals surface area contributed by atoms with Crippen LogP contribution in [0, 0.1) is 5.92 Å². The molecule has 6 heteroatoms. The maximum Gasteiger partial charge on any atom is 0.255 e. The fraction of sp³-hybridized carbons (Fsp3) is 0.522. The Kier molecular flexibility index (Phi) is 6.72. The van der Waals surface area contributed by atoms with Crippen molar-refractivity contribution in [2.75, 3.05) is 11.9 Å². The van der Waals surface area contributed by atoms with Crippen molar-refractivity contribution in [3.63, 3.8) is 0 Å². The van der Waals surface area contributed by atoms with Gasteiger partial charge >= 0.3 is 0 Å². The molecular weight excluding hydrogens is 366 g/mol. The second-order valence-electron chi connectivity index (χ2n) is 8.27. The first kappa shape index (κ1) is 21.1. The molecule has 1 atom stereocenters. The monoisotopic (exact) mass is 397 g/mol. The van der Waals surface area contributed by atoms with Gasteiger partial charge in [0.2, 0.25) is 5.91 Å². The largest absolute Gasteiger partial charge is 0.385 e. The molecule has 2 N–H and O–H groups in total. The maximum atomic E-state index is 12.9. The van der Waals surface area contributed by atoms with Gasteiger partial charge in [0.25, 0.3) is 5.91 Å². The number of benzene rings is 1. The third-order valence-corrected chi connectivity index (χ3v) is 5.75. The number of anilines is 1. The predicted molar refractivity (Wildman–Crippen MR) is 113 cm³/mol. The lowest BCUT2D eigenvalue weighted by Gasteiger charge is -2.31. The number of unbranched alkanes of at least 4 members (excludes halogenated alkanes) is 2. The van der Waals surface area contributed by atoms with E-state index in [9.17, 15) is 14.4 Å². The van der Waals surface area contributed by atoms with Gasteiger partial charge in [-0.1, -0.05) is 32.9 Å². The van der Waals surface area contributed by atoms with Crippen molar-refractivity contribution in [3.8, 4) is 0 Å². The number of nitrogens with one attached hydrogen (secondary N) is 2. The van der Waals surface area contributed by atoms with E-state index in [1.807, 2.05) is 32.0 Å². The van der Waals surface area contributed by atoms with Gasteiger partial charge in [-0.05, 0) is 37.8 Å². The quantitative estimate of drug-likeness (QED) is 0.624. The van der Waals surface area contributed by atoms with Gasteiger partial charge in [-0.2, -0.15) is 0 Å². The summed E-state index contributed by atoms with van der Waals surface area (Å²) in [6.07, 6.45) is 4.85. The van der Waals surface area contributed by atoms with Crippen LogP contribution < -0.4 is 10.6 Å². The van der Waals surface area contributed by atoms with Crippen molar-refractivity contribution in [2.45, 2.75) is 65.0 Å². The highest BCUT2D eigenvalue weighted by Gasteiger charge is 2.38. The van der Waals surface area contributed by atoms with Crippen LogP contribution in [-0.4, -0.2) is 35.1 Å². The number of hydrogen-bond donors (Lipinski definition) is 2. The Morgan fingerprint density at radius 2 is 2.07 bits per heavy atom. The van der Waals surface area contributed by atoms with Gasteiger partial charge in [0.15, 0.2) is 0 Å². The summed E-state index contributed by atoms with van der Waals surface area (Å²) in [7, 11) is 0. The zero-order valence-electron chi connectivity index (χ0n) is 17.4. The van der Waals surface area contributed by atoms with E-state index in [1.165, 1.54) is 0 Å². The average molecular weight is 398 g/mol. The first-order valence-corrected chi connectivity index (χ1v) is 10.6. The molecule has 1 unspecified atom stereocenters. The number of carbonyl (C=O) groups excluding carboxylic acids is 3. The van der Waals surface area contributed by atoms with Crippen LogP contribution in [0.4, 0.5) is 5.69 Å². The molecule has 2 aliphatic heterocycles. The van der Waals surface area contributed by atoms with E-state index >= 15 is 0 Å². The SMILES string of the molecule is C=C1CCC(N2Cc3c(NCCCCCC(=O)C(C)C)cccc3C2=O)C(=O)N1. The highest BCUT2D eigenvalue weighted by molar-refractivity contribution is 6.02. The molecule has 2 aliphatic rings. The predicted octanol–water partition coefficient (Wildman–Crippen LogP) is 3.63. The molecule has 2 heterocycles. The van der Waals surface area contributed by atoms with E-state index < -0.39 is 6.04 Å². The standard InChI is InChI=1S/C23H31N3O3/c1-15(2)21(27)10-5-4-6-13-24-19-9-7-8-17-18(19)14-26(23(17)29)20-12-11-16(3)25-22(20)28/h7-9,15,20,24H,3-6,10-14H2,1-2H3,(H,25,28). The minimum Gasteiger partial charge on any atom is -0.385 e. The molecule has 6 nitrogen and oxygen atoms in total. The van der Waals surface area contributed by atoms with Crippen molar-refractivity contribution in [2.24, 2.45) is 5.92 Å². The molecule has 3 rings (SSSR count). The zero-order valence-corrected chi connectivity index (χ0v) is 17.4. The third-order valence-electron chi connectivity index (χ3n) is 5.75. The summed E-state index contributed by atoms with van der Waals surface area (Å²) in [5.74, 6) is 0.217. The Hall–Kier alpha value is -2.63. The van der Waals surface area contributed by atoms with Crippen LogP contribution >= 0.6 is 0 Å². The number of rotatable bonds is 9. The van der Waals surface area contributed by atoms with Crippen LogP contribution in [0.2, 0.25) is 0 Å². The van der Waals surface area contributed by atoms with Crippen molar-refractivity contribution in [1.29, 1.82) is 0 Å². The molecule has 0 spiro atoms. The number of allylic oxidation sites excluding steroid dienone is 1. The minimum absolute atomic E-state index is 0.0801. The fourth-order valence-electron chi connectivity index (χ4n) is 3.94. The average Bonchev–Trinajstić information content (AvgIpc) is 3.01. The van der Waals surface area contributed by atoms with Gasteiger partial charge in [0, 0.05) is 47.9 Å². The van der Waals surface area contributed by atoms with E-state index in [0.717, 1.165) is 37.1 Å². The van der Waals surface area contributed by atoms with E-state index in [-0.39, 0.29) is 17.7 Å². The van der Waals surface area contributed by atoms with Gasteiger partial charge in [0.1, 0.15) is 11.8 Å². The third kappa shape index (κ3) is 4.86. The van der Waals surface area contributed by atoms with Crippen LogP contribution in [0.1, 0.15) is 68.3 Å². The van der Waals surface area contributed by atoms with Gasteiger partial charge in [-0.25, -0.2) is 0 Å². The van der Waals surface area contributed by atoms with Gasteiger partial charge in [-0.15, -0.1) is 0 Å². The molecule has 2 amide bonds. The summed E-state index contributed by atoms with van der Waals surface area (Å²) in [5.41, 5.74) is 3.31. The molecule has 0 saturated carbocycles. The number of amides is 2. The van der Waals surface area contributed by atoms with E-state index in [4.69, 9.17) is 0 Å². The van der Waals surface area contributed by atoms with Crippen LogP contribution in [0.25, 0.3) is 0 Å². The normalized spacial score (nSPS) is 18.8. The molecule has 156 valence electrons. The second kappa shape index (κ2) is 9.25. The number of nitrogens with zero attached hydrogens (tertiary/aromatic N) is 1. The number of Topliss-reactive ketones (excluding diaryl/α,β-unsaturated/α-hetero) is 1. The number of piperidine rings is 1. The van der Waals surface area contributed by atoms with Gasteiger partial charge in [0.05, 0.1) is 0 Å². The summed E-state index contributed by atoms with van der Waals surface area (Å²) in [6, 6.07) is 5.26. The molecule has 29 heavy (non-hydrogen) atoms. The van der Waals surface area contributed by atoms with E-state index in [0.29, 0.717) is 42.9 Å². The van der Waals surface area contributed by atoms with Crippen LogP contribution in [0.5, 0.6) is 0 Å². The Bertz CT molecular complexity index is 816. The molecule has 0 bridgehead atoms. The highest BCUT2D eigenvalue weighted by atomic mass is 16.2. The van der Waals surface area contributed by atoms with Gasteiger partial charge in [-0.3, -0.25) is 14.4 Å². The molecule has 1 saturated heterocycles. The van der Waals surface area contributed by atoms with Crippen LogP contribution in [-0.2, 0) is 16.1 Å². The van der Waals surface area contributed by atoms with E-state index in [2.05, 4.69) is 17.2 Å². The minimum atomic E-state index is -0.438. The smallest absolute Gasteiger partial charge is 0.255 e. The molecular formula is C23H31N3O3. The van der Waals surface area contributed by atoms with Crippen LogP contribution in [0.3, 0.4) is 0 Å². The molecule has 0 aromatic heterocycles. The lowest BCUT2D eigenvalue weighted by Crippen LogP contribution is -2.49. The van der Waals surface area contributed by atoms with Crippen LogP contribution in [0.15, 0.2) is 30.5 Å². The molecule has 1 aromatic carbocycles. The second-order valence-corrected chi connectivity index (χ2v) is 8.27. The number of hydrogen-bond acceptors (Lipinski definition) is 4. The number of fused-ring (bicyclic) bond motifs is 1. The van der Waals surface area contributed by atoms with E-state index in [1.54, 1.807) is 4.90 Å². The molecule has 1 aromatic rings. The summed E-state index contributed by atoms with van der Waals surface area (Å²) < 4.78 is 0. The van der Waals surface area contributed by atoms with Crippen molar-refractivity contribution in [1.82, 2.24) is 10.2 Å². The summed E-state index contributed by atoms with van der Waals surface area (Å²) in [4.78, 5) is 38.6. The first-order valence-electron chi connectivity index (χ1n) is 10.6. The molecule has 1 fully saturated rings. The summed E-state index contributed by atoms with van der Waals surface area (Å²) >= 11 is 0. The van der Waals surface area contributed by atoms with Crippen molar-refractivity contribution >= 4 is 23.3 Å². The summed E-state index contributed by atoms with van der Waals surface area (Å²) in [5, 5.41) is 6.21. The zero-order chi connectivity index (χ0) is 21.0. The number of carbonyl (C=O) groups is 3. The number of ketones is 1. The first-order chi connectivity index (χ1) is 13.9. The molecule has 0 radical (unpaired) electrons. The lowest BCUT2D eigenvalue weighted by molar-refractivity contribution is -0.126. The lowest BCUT2D eigenvalue weighted by atomic mass is 10.0. The Morgan fingerprint density at radius 1 is 1.28 bits per heavy atom. The fourth-order valence-corrected chi connectivity index (χ4v) is 3.94.